The Kier molecular flexibility index (Phi) is 5.41. The smallest absolute Gasteiger partial charge is 0.0555 e. The van der Waals surface area contributed by atoms with Gasteiger partial charge in [0.15, 0.2) is 0 Å². The zero-order chi connectivity index (χ0) is 13.7. The normalized spacial score (nSPS) is 19.7. The van der Waals surface area contributed by atoms with Crippen molar-refractivity contribution in [3.63, 3.8) is 0 Å². The van der Waals surface area contributed by atoms with E-state index < -0.39 is 0 Å². The Labute approximate surface area is 120 Å². The molecule has 1 aromatic heterocycles. The molecule has 1 unspecified atom stereocenters. The van der Waals surface area contributed by atoms with Crippen molar-refractivity contribution in [2.24, 2.45) is 11.7 Å². The van der Waals surface area contributed by atoms with Crippen LogP contribution in [0.15, 0.2) is 11.4 Å². The number of likely N-dealkylation sites (tertiary alicyclic amines) is 1. The van der Waals surface area contributed by atoms with Crippen LogP contribution in [-0.4, -0.2) is 50.1 Å². The Balaban J connectivity index is 1.88. The molecule has 4 heteroatoms. The molecule has 1 saturated heterocycles. The molecule has 1 aromatic rings. The summed E-state index contributed by atoms with van der Waals surface area (Å²) in [5.74, 6) is 6.92. The lowest BCUT2D eigenvalue weighted by molar-refractivity contribution is 0.269. The third kappa shape index (κ3) is 4.32. The molecule has 0 aromatic carbocycles. The molecule has 1 atom stereocenters. The van der Waals surface area contributed by atoms with Crippen LogP contribution in [0.1, 0.15) is 16.9 Å². The predicted octanol–water partition coefficient (Wildman–Crippen LogP) is 1.44. The molecule has 2 heterocycles. The molecule has 19 heavy (non-hydrogen) atoms. The second kappa shape index (κ2) is 7.06. The van der Waals surface area contributed by atoms with Crippen LogP contribution in [0, 0.1) is 17.8 Å². The fraction of sp³-hybridized carbons (Fsp3) is 0.600. The van der Waals surface area contributed by atoms with Crippen LogP contribution < -0.4 is 5.73 Å². The van der Waals surface area contributed by atoms with E-state index in [1.165, 1.54) is 30.9 Å². The Morgan fingerprint density at radius 1 is 1.58 bits per heavy atom. The van der Waals surface area contributed by atoms with Crippen molar-refractivity contribution < 1.29 is 0 Å². The molecule has 0 bridgehead atoms. The second-order valence-corrected chi connectivity index (χ2v) is 6.38. The molecule has 104 valence electrons. The van der Waals surface area contributed by atoms with Gasteiger partial charge in [0.05, 0.1) is 6.54 Å². The molecule has 0 saturated carbocycles. The standard InChI is InChI=1S/C15H23N3S/c1-17-8-5-13(10-17)11-18(2)12-15-14(4-3-7-16)6-9-19-15/h6,9,13H,5,7-8,10-12,16H2,1-2H3. The van der Waals surface area contributed by atoms with Crippen molar-refractivity contribution in [1.82, 2.24) is 9.80 Å². The summed E-state index contributed by atoms with van der Waals surface area (Å²) in [7, 11) is 4.41. The zero-order valence-electron chi connectivity index (χ0n) is 11.9. The van der Waals surface area contributed by atoms with Gasteiger partial charge in [0.25, 0.3) is 0 Å². The molecule has 0 aliphatic carbocycles. The van der Waals surface area contributed by atoms with Gasteiger partial charge in [-0.15, -0.1) is 11.3 Å². The molecule has 3 nitrogen and oxygen atoms in total. The van der Waals surface area contributed by atoms with E-state index in [0.29, 0.717) is 6.54 Å². The van der Waals surface area contributed by atoms with Crippen molar-refractivity contribution in [2.75, 3.05) is 40.3 Å². The molecular weight excluding hydrogens is 254 g/mol. The van der Waals surface area contributed by atoms with Crippen molar-refractivity contribution in [1.29, 1.82) is 0 Å². The Morgan fingerprint density at radius 3 is 3.11 bits per heavy atom. The molecular formula is C15H23N3S. The van der Waals surface area contributed by atoms with Gasteiger partial charge in [-0.25, -0.2) is 0 Å². The highest BCUT2D eigenvalue weighted by Crippen LogP contribution is 2.20. The maximum Gasteiger partial charge on any atom is 0.0555 e. The summed E-state index contributed by atoms with van der Waals surface area (Å²) >= 11 is 1.79. The fourth-order valence-electron chi connectivity index (χ4n) is 2.65. The summed E-state index contributed by atoms with van der Waals surface area (Å²) < 4.78 is 0. The van der Waals surface area contributed by atoms with Crippen molar-refractivity contribution >= 4 is 11.3 Å². The lowest BCUT2D eigenvalue weighted by Crippen LogP contribution is -2.27. The summed E-state index contributed by atoms with van der Waals surface area (Å²) in [5.41, 5.74) is 6.58. The van der Waals surface area contributed by atoms with E-state index in [1.807, 2.05) is 0 Å². The van der Waals surface area contributed by atoms with Gasteiger partial charge in [0, 0.05) is 30.1 Å². The van der Waals surface area contributed by atoms with E-state index in [9.17, 15) is 0 Å². The quantitative estimate of drug-likeness (QED) is 0.845. The van der Waals surface area contributed by atoms with Gasteiger partial charge in [0.1, 0.15) is 0 Å². The summed E-state index contributed by atoms with van der Waals surface area (Å²) in [6.07, 6.45) is 1.32. The van der Waals surface area contributed by atoms with Crippen LogP contribution in [0.3, 0.4) is 0 Å². The lowest BCUT2D eigenvalue weighted by Gasteiger charge is -2.20. The fourth-order valence-corrected chi connectivity index (χ4v) is 3.56. The van der Waals surface area contributed by atoms with Gasteiger partial charge in [0.2, 0.25) is 0 Å². The summed E-state index contributed by atoms with van der Waals surface area (Å²) in [6, 6.07) is 2.10. The molecule has 1 aliphatic heterocycles. The van der Waals surface area contributed by atoms with E-state index in [0.717, 1.165) is 18.0 Å². The van der Waals surface area contributed by atoms with E-state index in [-0.39, 0.29) is 0 Å². The van der Waals surface area contributed by atoms with Gasteiger partial charge >= 0.3 is 0 Å². The summed E-state index contributed by atoms with van der Waals surface area (Å²) in [4.78, 5) is 6.19. The largest absolute Gasteiger partial charge is 0.320 e. The van der Waals surface area contributed by atoms with E-state index in [4.69, 9.17) is 5.73 Å². The molecule has 0 spiro atoms. The average molecular weight is 277 g/mol. The first-order valence-corrected chi connectivity index (χ1v) is 7.69. The van der Waals surface area contributed by atoms with Gasteiger partial charge < -0.3 is 15.5 Å². The predicted molar refractivity (Wildman–Crippen MR) is 82.2 cm³/mol. The van der Waals surface area contributed by atoms with Crippen molar-refractivity contribution in [3.05, 3.63) is 21.9 Å². The maximum atomic E-state index is 5.43. The number of hydrogen-bond donors (Lipinski definition) is 1. The van der Waals surface area contributed by atoms with Crippen LogP contribution >= 0.6 is 11.3 Å². The summed E-state index contributed by atoms with van der Waals surface area (Å²) in [5, 5.41) is 2.12. The van der Waals surface area contributed by atoms with Crippen LogP contribution in [0.25, 0.3) is 0 Å². The molecule has 2 rings (SSSR count). The molecule has 1 fully saturated rings. The first-order valence-electron chi connectivity index (χ1n) is 6.81. The van der Waals surface area contributed by atoms with Gasteiger partial charge in [-0.3, -0.25) is 0 Å². The minimum absolute atomic E-state index is 0.430. The van der Waals surface area contributed by atoms with Gasteiger partial charge in [-0.1, -0.05) is 11.8 Å². The third-order valence-electron chi connectivity index (χ3n) is 3.54. The molecule has 0 radical (unpaired) electrons. The monoisotopic (exact) mass is 277 g/mol. The number of thiophene rings is 1. The van der Waals surface area contributed by atoms with Crippen LogP contribution in [0.2, 0.25) is 0 Å². The Hall–Kier alpha value is -0.860. The van der Waals surface area contributed by atoms with Crippen molar-refractivity contribution in [2.45, 2.75) is 13.0 Å². The topological polar surface area (TPSA) is 32.5 Å². The van der Waals surface area contributed by atoms with Crippen molar-refractivity contribution in [3.8, 4) is 11.8 Å². The first kappa shape index (κ1) is 14.5. The van der Waals surface area contributed by atoms with E-state index in [2.05, 4.69) is 47.2 Å². The molecule has 2 N–H and O–H groups in total. The van der Waals surface area contributed by atoms with Gasteiger partial charge in [-0.05, 0) is 44.4 Å². The summed E-state index contributed by atoms with van der Waals surface area (Å²) in [6.45, 7) is 5.07. The minimum atomic E-state index is 0.430. The SMILES string of the molecule is CN1CCC(CN(C)Cc2sccc2C#CCN)C1. The number of rotatable bonds is 4. The highest BCUT2D eigenvalue weighted by molar-refractivity contribution is 7.10. The molecule has 1 aliphatic rings. The van der Waals surface area contributed by atoms with Crippen LogP contribution in [-0.2, 0) is 6.54 Å². The highest BCUT2D eigenvalue weighted by Gasteiger charge is 2.21. The van der Waals surface area contributed by atoms with Gasteiger partial charge in [-0.2, -0.15) is 0 Å². The van der Waals surface area contributed by atoms with Crippen LogP contribution in [0.4, 0.5) is 0 Å². The number of nitrogens with zero attached hydrogens (tertiary/aromatic N) is 2. The Bertz CT molecular complexity index is 457. The zero-order valence-corrected chi connectivity index (χ0v) is 12.7. The number of hydrogen-bond acceptors (Lipinski definition) is 4. The van der Waals surface area contributed by atoms with E-state index >= 15 is 0 Å². The lowest BCUT2D eigenvalue weighted by atomic mass is 10.1. The maximum absolute atomic E-state index is 5.43. The Morgan fingerprint density at radius 2 is 2.42 bits per heavy atom. The second-order valence-electron chi connectivity index (χ2n) is 5.38. The highest BCUT2D eigenvalue weighted by atomic mass is 32.1. The average Bonchev–Trinajstić information content (AvgIpc) is 2.96. The third-order valence-corrected chi connectivity index (χ3v) is 4.45. The number of nitrogens with two attached hydrogens (primary N) is 1. The van der Waals surface area contributed by atoms with Crippen LogP contribution in [0.5, 0.6) is 0 Å². The molecule has 0 amide bonds. The van der Waals surface area contributed by atoms with E-state index in [1.54, 1.807) is 11.3 Å². The first-order chi connectivity index (χ1) is 9.19. The minimum Gasteiger partial charge on any atom is -0.320 e.